The molecule has 7 aliphatic rings. The average Bonchev–Trinajstić information content (AvgIpc) is 3.83. The maximum absolute atomic E-state index is 15.0. The number of halogens is 1. The lowest BCUT2D eigenvalue weighted by Gasteiger charge is -2.72. The standard InChI is InChI=1S/C54H72FN5O9/c1-11-68-47(67)60-36(25-35(59-60)30-12-14-31(55)15-13-30)43(62)57-54(27-56-28-54)46(66)58-53-23-22-51(9)32(42(53)41(29(2)3)37(61)26-53)16-17-39-50(8)20-19-40(49(6,7)38(50)18-21-52(39,51)10)69-45(65)34-24-33(44(63)64)48(34,4)5/h12-15,25,29,32-34,38-40,56H,11,16-24,26-28H2,1-10H3,(H,57,62)(H,58,66)(H,63,64)/t32-,33+,34-,38+,39-,40+,50+,51-,52-,53-/m1/s1. The van der Waals surface area contributed by atoms with Crippen LogP contribution in [-0.2, 0) is 28.7 Å². The number of allylic oxidation sites excluding steroid dienone is 1. The molecule has 69 heavy (non-hydrogen) atoms. The van der Waals surface area contributed by atoms with E-state index in [0.717, 1.165) is 60.8 Å². The number of nitrogens with zero attached hydrogens (tertiary/aromatic N) is 2. The quantitative estimate of drug-likeness (QED) is 0.168. The van der Waals surface area contributed by atoms with Crippen LogP contribution in [0.4, 0.5) is 9.18 Å². The minimum absolute atomic E-state index is 0.0349. The Morgan fingerprint density at radius 1 is 0.870 bits per heavy atom. The molecule has 1 aromatic carbocycles. The van der Waals surface area contributed by atoms with Crippen LogP contribution < -0.4 is 16.0 Å². The van der Waals surface area contributed by atoms with Crippen molar-refractivity contribution in [3.63, 3.8) is 0 Å². The first-order valence-corrected chi connectivity index (χ1v) is 25.4. The topological polar surface area (TPSA) is 195 Å². The van der Waals surface area contributed by atoms with E-state index in [2.05, 4.69) is 69.5 Å². The van der Waals surface area contributed by atoms with Crippen LogP contribution in [0.25, 0.3) is 11.3 Å². The van der Waals surface area contributed by atoms with E-state index in [0.29, 0.717) is 30.2 Å². The number of hydrogen-bond acceptors (Lipinski definition) is 10. The number of rotatable bonds is 10. The Balaban J connectivity index is 0.966. The van der Waals surface area contributed by atoms with Crippen LogP contribution in [0.2, 0.25) is 0 Å². The molecule has 0 unspecified atom stereocenters. The van der Waals surface area contributed by atoms with Gasteiger partial charge < -0.3 is 30.5 Å². The van der Waals surface area contributed by atoms with Gasteiger partial charge in [-0.1, -0.05) is 62.3 Å². The molecule has 0 spiro atoms. The first-order valence-electron chi connectivity index (χ1n) is 25.4. The fourth-order valence-electron chi connectivity index (χ4n) is 15.8. The summed E-state index contributed by atoms with van der Waals surface area (Å²) in [5, 5.41) is 23.7. The second kappa shape index (κ2) is 16.6. The van der Waals surface area contributed by atoms with Crippen molar-refractivity contribution >= 4 is 35.6 Å². The molecule has 5 saturated carbocycles. The molecule has 1 aliphatic heterocycles. The lowest BCUT2D eigenvalue weighted by atomic mass is 9.33. The fraction of sp³-hybridized carbons (Fsp3) is 0.685. The summed E-state index contributed by atoms with van der Waals surface area (Å²) >= 11 is 0. The Hall–Kier alpha value is -4.92. The molecule has 374 valence electrons. The summed E-state index contributed by atoms with van der Waals surface area (Å²) in [6, 6.07) is 6.94. The van der Waals surface area contributed by atoms with E-state index in [1.54, 1.807) is 6.92 Å². The number of Topliss-reactive ketones (excluding diaryl/α,β-unsaturated/α-hetero) is 1. The van der Waals surface area contributed by atoms with Gasteiger partial charge in [-0.2, -0.15) is 9.78 Å². The number of carboxylic acids is 1. The van der Waals surface area contributed by atoms with E-state index in [9.17, 15) is 38.3 Å². The Kier molecular flexibility index (Phi) is 11.8. The normalized spacial score (nSPS) is 35.8. The molecule has 15 heteroatoms. The van der Waals surface area contributed by atoms with E-state index >= 15 is 0 Å². The molecule has 4 N–H and O–H groups in total. The number of carbonyl (C=O) groups is 6. The predicted molar refractivity (Wildman–Crippen MR) is 254 cm³/mol. The van der Waals surface area contributed by atoms with Crippen molar-refractivity contribution in [1.29, 1.82) is 0 Å². The molecule has 1 saturated heterocycles. The molecule has 2 heterocycles. The first-order chi connectivity index (χ1) is 32.3. The van der Waals surface area contributed by atoms with Gasteiger partial charge in [0.2, 0.25) is 5.91 Å². The van der Waals surface area contributed by atoms with E-state index < -0.39 is 58.0 Å². The van der Waals surface area contributed by atoms with E-state index in [1.807, 2.05) is 13.8 Å². The van der Waals surface area contributed by atoms with Gasteiger partial charge >= 0.3 is 18.0 Å². The monoisotopic (exact) mass is 954 g/mol. The summed E-state index contributed by atoms with van der Waals surface area (Å²) < 4.78 is 26.3. The Bertz CT molecular complexity index is 2530. The number of nitrogens with one attached hydrogen (secondary N) is 3. The van der Waals surface area contributed by atoms with Crippen molar-refractivity contribution in [2.75, 3.05) is 19.7 Å². The zero-order valence-electron chi connectivity index (χ0n) is 42.1. The zero-order valence-corrected chi connectivity index (χ0v) is 42.1. The fourth-order valence-corrected chi connectivity index (χ4v) is 15.8. The molecular weight excluding hydrogens is 882 g/mol. The lowest BCUT2D eigenvalue weighted by molar-refractivity contribution is -0.235. The molecule has 0 radical (unpaired) electrons. The molecule has 6 aliphatic carbocycles. The maximum Gasteiger partial charge on any atom is 0.435 e. The summed E-state index contributed by atoms with van der Waals surface area (Å²) in [6.07, 6.45) is 6.14. The van der Waals surface area contributed by atoms with Gasteiger partial charge in [-0.25, -0.2) is 9.18 Å². The number of hydrogen-bond donors (Lipinski definition) is 4. The third kappa shape index (κ3) is 7.26. The Morgan fingerprint density at radius 3 is 2.17 bits per heavy atom. The molecule has 14 nitrogen and oxygen atoms in total. The van der Waals surface area contributed by atoms with Gasteiger partial charge in [0.1, 0.15) is 23.2 Å². The van der Waals surface area contributed by atoms with Crippen molar-refractivity contribution in [2.45, 2.75) is 151 Å². The van der Waals surface area contributed by atoms with Crippen LogP contribution in [0.15, 0.2) is 41.5 Å². The number of fused-ring (bicyclic) bond motifs is 7. The van der Waals surface area contributed by atoms with Crippen LogP contribution in [0.5, 0.6) is 0 Å². The van der Waals surface area contributed by atoms with Gasteiger partial charge in [-0.05, 0) is 152 Å². The predicted octanol–water partition coefficient (Wildman–Crippen LogP) is 8.27. The molecular formula is C54H72FN5O9. The number of ketones is 1. The smallest absolute Gasteiger partial charge is 0.435 e. The van der Waals surface area contributed by atoms with E-state index in [4.69, 9.17) is 9.47 Å². The Labute approximate surface area is 405 Å². The van der Waals surface area contributed by atoms with Gasteiger partial charge in [-0.3, -0.25) is 24.0 Å². The molecule has 1 aromatic heterocycles. The van der Waals surface area contributed by atoms with Crippen molar-refractivity contribution in [2.24, 2.45) is 62.6 Å². The maximum atomic E-state index is 15.0. The van der Waals surface area contributed by atoms with Crippen LogP contribution in [0, 0.1) is 68.4 Å². The summed E-state index contributed by atoms with van der Waals surface area (Å²) in [6.45, 7) is 21.7. The molecule has 0 bridgehead atoms. The number of ether oxygens (including phenoxy) is 2. The minimum Gasteiger partial charge on any atom is -0.481 e. The second-order valence-corrected chi connectivity index (χ2v) is 24.2. The highest BCUT2D eigenvalue weighted by Crippen LogP contribution is 2.76. The van der Waals surface area contributed by atoms with E-state index in [1.165, 1.54) is 30.3 Å². The van der Waals surface area contributed by atoms with Crippen molar-refractivity contribution < 1.29 is 47.7 Å². The van der Waals surface area contributed by atoms with Gasteiger partial charge in [-0.15, -0.1) is 0 Å². The van der Waals surface area contributed by atoms with Crippen LogP contribution in [0.1, 0.15) is 144 Å². The number of aliphatic carboxylic acids is 1. The first kappa shape index (κ1) is 49.1. The number of carbonyl (C=O) groups excluding carboxylic acids is 5. The highest BCUT2D eigenvalue weighted by Gasteiger charge is 2.71. The third-order valence-corrected chi connectivity index (χ3v) is 20.0. The summed E-state index contributed by atoms with van der Waals surface area (Å²) in [5.41, 5.74) is -1.14. The van der Waals surface area contributed by atoms with Crippen LogP contribution in [-0.4, -0.2) is 87.4 Å². The number of amides is 2. The van der Waals surface area contributed by atoms with Gasteiger partial charge in [0, 0.05) is 30.5 Å². The molecule has 10 atom stereocenters. The van der Waals surface area contributed by atoms with Crippen LogP contribution in [0.3, 0.4) is 0 Å². The SMILES string of the molecule is CCOC(=O)n1nc(-c2ccc(F)cc2)cc1C(=O)NC1(C(=O)N[C@@]23CC[C@]4(C)[C@H](CC[C@@H]5[C@@]6(C)CC[C@H](OC(=O)[C@H]7C[C@@H](C(=O)O)C7(C)C)C(C)(C)[C@@H]6CC[C@]54C)C2=C(C(C)C)C(=O)C3)CNC1. The van der Waals surface area contributed by atoms with Gasteiger partial charge in [0.25, 0.3) is 5.91 Å². The summed E-state index contributed by atoms with van der Waals surface area (Å²) in [7, 11) is 0. The Morgan fingerprint density at radius 2 is 1.57 bits per heavy atom. The largest absolute Gasteiger partial charge is 0.481 e. The molecule has 6 fully saturated rings. The minimum atomic E-state index is -1.40. The van der Waals surface area contributed by atoms with Gasteiger partial charge in [0.15, 0.2) is 5.78 Å². The second-order valence-electron chi connectivity index (χ2n) is 24.2. The molecule has 2 aromatic rings. The molecule has 9 rings (SSSR count). The average molecular weight is 954 g/mol. The zero-order chi connectivity index (χ0) is 50.0. The highest BCUT2D eigenvalue weighted by molar-refractivity contribution is 6.04. The van der Waals surface area contributed by atoms with Gasteiger partial charge in [0.05, 0.1) is 29.7 Å². The highest BCUT2D eigenvalue weighted by atomic mass is 19.1. The lowest BCUT2D eigenvalue weighted by Crippen LogP contribution is -2.77. The third-order valence-electron chi connectivity index (χ3n) is 20.0. The van der Waals surface area contributed by atoms with E-state index in [-0.39, 0.29) is 88.9 Å². The van der Waals surface area contributed by atoms with Crippen molar-refractivity contribution in [3.05, 3.63) is 53.0 Å². The number of benzene rings is 1. The van der Waals surface area contributed by atoms with Crippen molar-refractivity contribution in [1.82, 2.24) is 25.7 Å². The van der Waals surface area contributed by atoms with Crippen LogP contribution >= 0.6 is 0 Å². The number of esters is 1. The number of carboxylic acid groups (broad SMARTS) is 1. The summed E-state index contributed by atoms with van der Waals surface area (Å²) in [4.78, 5) is 82.4. The molecule has 2 amide bonds. The van der Waals surface area contributed by atoms with Crippen molar-refractivity contribution in [3.8, 4) is 11.3 Å². The number of aromatic nitrogens is 2. The summed E-state index contributed by atoms with van der Waals surface area (Å²) in [5.74, 6) is -2.99.